The molecule has 0 fully saturated rings. The Morgan fingerprint density at radius 1 is 1.29 bits per heavy atom. The predicted octanol–water partition coefficient (Wildman–Crippen LogP) is 3.88. The molecule has 21 heavy (non-hydrogen) atoms. The summed E-state index contributed by atoms with van der Waals surface area (Å²) in [4.78, 5) is 4.38. The molecule has 0 saturated carbocycles. The van der Waals surface area contributed by atoms with Crippen LogP contribution in [-0.4, -0.2) is 16.5 Å². The van der Waals surface area contributed by atoms with E-state index in [1.165, 1.54) is 5.56 Å². The lowest BCUT2D eigenvalue weighted by Gasteiger charge is -2.24. The van der Waals surface area contributed by atoms with Crippen LogP contribution in [0.5, 0.6) is 5.75 Å². The lowest BCUT2D eigenvalue weighted by atomic mass is 10.1. The molecule has 1 aliphatic rings. The molecular formula is C16H14Cl2N2O. The SMILES string of the molecule is Cc1ccc2ncc(OC3C(Cl)=CC(N)=CC3Cl)cc2c1. The molecule has 0 aliphatic heterocycles. The molecule has 0 radical (unpaired) electrons. The van der Waals surface area contributed by atoms with Crippen LogP contribution in [0.25, 0.3) is 10.9 Å². The molecule has 1 aromatic heterocycles. The van der Waals surface area contributed by atoms with Crippen LogP contribution in [0.4, 0.5) is 0 Å². The van der Waals surface area contributed by atoms with E-state index < -0.39 is 11.5 Å². The molecule has 0 amide bonds. The monoisotopic (exact) mass is 320 g/mol. The second-order valence-electron chi connectivity index (χ2n) is 5.05. The van der Waals surface area contributed by atoms with Crippen molar-refractivity contribution >= 4 is 34.1 Å². The Morgan fingerprint density at radius 3 is 2.86 bits per heavy atom. The Kier molecular flexibility index (Phi) is 3.79. The highest BCUT2D eigenvalue weighted by Gasteiger charge is 2.26. The first-order valence-electron chi connectivity index (χ1n) is 6.54. The largest absolute Gasteiger partial charge is 0.481 e. The number of rotatable bonds is 2. The van der Waals surface area contributed by atoms with Crippen molar-refractivity contribution in [2.75, 3.05) is 0 Å². The van der Waals surface area contributed by atoms with Crippen molar-refractivity contribution in [1.29, 1.82) is 0 Å². The Balaban J connectivity index is 1.90. The van der Waals surface area contributed by atoms with Crippen LogP contribution >= 0.6 is 23.2 Å². The molecule has 3 nitrogen and oxygen atoms in total. The normalized spacial score (nSPS) is 21.9. The minimum atomic E-state index is -0.454. The molecule has 0 spiro atoms. The van der Waals surface area contributed by atoms with Crippen LogP contribution in [0.15, 0.2) is 53.3 Å². The fraction of sp³-hybridized carbons (Fsp3) is 0.188. The van der Waals surface area contributed by atoms with E-state index in [-0.39, 0.29) is 0 Å². The van der Waals surface area contributed by atoms with E-state index in [2.05, 4.69) is 11.1 Å². The van der Waals surface area contributed by atoms with Gasteiger partial charge in [0.15, 0.2) is 6.10 Å². The standard InChI is InChI=1S/C16H14Cl2N2O/c1-9-2-3-15-10(4-9)5-12(8-20-15)21-16-13(17)6-11(19)7-14(16)18/h2-8,13,16H,19H2,1H3. The minimum absolute atomic E-state index is 0.407. The maximum Gasteiger partial charge on any atom is 0.154 e. The number of halogens is 2. The van der Waals surface area contributed by atoms with Gasteiger partial charge < -0.3 is 10.5 Å². The van der Waals surface area contributed by atoms with Crippen LogP contribution in [0.1, 0.15) is 5.56 Å². The van der Waals surface area contributed by atoms with E-state index in [1.807, 2.05) is 25.1 Å². The zero-order valence-electron chi connectivity index (χ0n) is 11.4. The number of hydrogen-bond acceptors (Lipinski definition) is 3. The quantitative estimate of drug-likeness (QED) is 0.854. The topological polar surface area (TPSA) is 48.1 Å². The Morgan fingerprint density at radius 2 is 2.10 bits per heavy atom. The van der Waals surface area contributed by atoms with E-state index in [4.69, 9.17) is 33.7 Å². The molecule has 2 unspecified atom stereocenters. The zero-order valence-corrected chi connectivity index (χ0v) is 12.9. The molecule has 2 N–H and O–H groups in total. The van der Waals surface area contributed by atoms with Crippen molar-refractivity contribution in [2.45, 2.75) is 18.4 Å². The van der Waals surface area contributed by atoms with E-state index in [0.29, 0.717) is 16.5 Å². The highest BCUT2D eigenvalue weighted by Crippen LogP contribution is 2.29. The highest BCUT2D eigenvalue weighted by molar-refractivity contribution is 6.32. The molecule has 1 aromatic carbocycles. The summed E-state index contributed by atoms with van der Waals surface area (Å²) in [5.41, 5.74) is 8.35. The van der Waals surface area contributed by atoms with Crippen LogP contribution in [0, 0.1) is 6.92 Å². The number of aryl methyl sites for hydroxylation is 1. The predicted molar refractivity (Wildman–Crippen MR) is 86.7 cm³/mol. The second-order valence-corrected chi connectivity index (χ2v) is 5.99. The minimum Gasteiger partial charge on any atom is -0.481 e. The number of pyridine rings is 1. The van der Waals surface area contributed by atoms with Gasteiger partial charge in [0.05, 0.1) is 22.1 Å². The lowest BCUT2D eigenvalue weighted by Crippen LogP contribution is -2.30. The third-order valence-corrected chi connectivity index (χ3v) is 3.97. The maximum atomic E-state index is 6.24. The van der Waals surface area contributed by atoms with Gasteiger partial charge in [0.2, 0.25) is 0 Å². The van der Waals surface area contributed by atoms with Gasteiger partial charge in [-0.15, -0.1) is 11.6 Å². The summed E-state index contributed by atoms with van der Waals surface area (Å²) in [6.45, 7) is 2.04. The summed E-state index contributed by atoms with van der Waals surface area (Å²) >= 11 is 12.4. The van der Waals surface area contributed by atoms with Crippen LogP contribution in [-0.2, 0) is 0 Å². The molecule has 1 heterocycles. The summed E-state index contributed by atoms with van der Waals surface area (Å²) in [5, 5.41) is 1.10. The molecule has 108 valence electrons. The van der Waals surface area contributed by atoms with Crippen LogP contribution in [0.2, 0.25) is 0 Å². The molecule has 1 aliphatic carbocycles. The number of nitrogens with two attached hydrogens (primary N) is 1. The first-order valence-corrected chi connectivity index (χ1v) is 7.36. The number of alkyl halides is 1. The van der Waals surface area contributed by atoms with E-state index in [1.54, 1.807) is 18.3 Å². The number of hydrogen-bond donors (Lipinski definition) is 1. The van der Waals surface area contributed by atoms with Gasteiger partial charge in [-0.3, -0.25) is 4.98 Å². The van der Waals surface area contributed by atoms with E-state index >= 15 is 0 Å². The van der Waals surface area contributed by atoms with Crippen molar-refractivity contribution in [3.63, 3.8) is 0 Å². The number of aromatic nitrogens is 1. The Bertz CT molecular complexity index is 755. The van der Waals surface area contributed by atoms with E-state index in [0.717, 1.165) is 10.9 Å². The number of allylic oxidation sites excluding steroid dienone is 1. The van der Waals surface area contributed by atoms with Gasteiger partial charge in [-0.05, 0) is 37.3 Å². The number of nitrogens with zero attached hydrogens (tertiary/aromatic N) is 1. The van der Waals surface area contributed by atoms with Gasteiger partial charge >= 0.3 is 0 Å². The molecule has 0 saturated heterocycles. The molecule has 0 bridgehead atoms. The second kappa shape index (κ2) is 5.58. The average Bonchev–Trinajstić information content (AvgIpc) is 2.42. The van der Waals surface area contributed by atoms with Crippen molar-refractivity contribution in [1.82, 2.24) is 4.98 Å². The number of ether oxygens (including phenoxy) is 1. The third kappa shape index (κ3) is 2.99. The number of benzene rings is 1. The molecule has 3 rings (SSSR count). The Hall–Kier alpha value is -1.71. The van der Waals surface area contributed by atoms with E-state index in [9.17, 15) is 0 Å². The first kappa shape index (κ1) is 14.2. The lowest BCUT2D eigenvalue weighted by molar-refractivity contribution is 0.249. The summed E-state index contributed by atoms with van der Waals surface area (Å²) < 4.78 is 5.88. The molecule has 5 heteroatoms. The first-order chi connectivity index (χ1) is 10.0. The van der Waals surface area contributed by atoms with Gasteiger partial charge in [-0.25, -0.2) is 0 Å². The van der Waals surface area contributed by atoms with Crippen molar-refractivity contribution in [3.8, 4) is 5.75 Å². The smallest absolute Gasteiger partial charge is 0.154 e. The van der Waals surface area contributed by atoms with Gasteiger partial charge in [-0.1, -0.05) is 23.2 Å². The van der Waals surface area contributed by atoms with Crippen LogP contribution < -0.4 is 10.5 Å². The summed E-state index contributed by atoms with van der Waals surface area (Å²) in [7, 11) is 0. The maximum absolute atomic E-state index is 6.24. The summed E-state index contributed by atoms with van der Waals surface area (Å²) in [6, 6.07) is 8.00. The summed E-state index contributed by atoms with van der Waals surface area (Å²) in [6.07, 6.45) is 4.60. The molecular weight excluding hydrogens is 307 g/mol. The van der Waals surface area contributed by atoms with Gasteiger partial charge in [0.1, 0.15) is 5.75 Å². The zero-order chi connectivity index (χ0) is 15.0. The Labute approximate surface area is 133 Å². The van der Waals surface area contributed by atoms with Gasteiger partial charge in [-0.2, -0.15) is 0 Å². The fourth-order valence-electron chi connectivity index (χ4n) is 2.28. The highest BCUT2D eigenvalue weighted by atomic mass is 35.5. The van der Waals surface area contributed by atoms with Gasteiger partial charge in [0, 0.05) is 11.1 Å². The molecule has 2 aromatic rings. The van der Waals surface area contributed by atoms with Crippen molar-refractivity contribution < 1.29 is 4.74 Å². The average molecular weight is 321 g/mol. The van der Waals surface area contributed by atoms with Gasteiger partial charge in [0.25, 0.3) is 0 Å². The van der Waals surface area contributed by atoms with Crippen LogP contribution in [0.3, 0.4) is 0 Å². The summed E-state index contributed by atoms with van der Waals surface area (Å²) in [5.74, 6) is 0.629. The fourth-order valence-corrected chi connectivity index (χ4v) is 2.98. The number of fused-ring (bicyclic) bond motifs is 1. The third-order valence-electron chi connectivity index (χ3n) is 3.29. The molecule has 2 atom stereocenters. The van der Waals surface area contributed by atoms with Crippen molar-refractivity contribution in [2.24, 2.45) is 5.73 Å². The van der Waals surface area contributed by atoms with Crippen molar-refractivity contribution in [3.05, 3.63) is 58.9 Å².